The van der Waals surface area contributed by atoms with Crippen LogP contribution in [0.25, 0.3) is 11.3 Å². The van der Waals surface area contributed by atoms with E-state index in [0.717, 1.165) is 38.3 Å². The van der Waals surface area contributed by atoms with E-state index in [-0.39, 0.29) is 5.91 Å². The predicted octanol–water partition coefficient (Wildman–Crippen LogP) is 1.88. The van der Waals surface area contributed by atoms with Crippen molar-refractivity contribution < 1.29 is 14.2 Å². The molecule has 1 amide bonds. The Labute approximate surface area is 152 Å². The highest BCUT2D eigenvalue weighted by Gasteiger charge is 2.26. The number of aromatic nitrogens is 1. The Bertz CT molecular complexity index is 853. The summed E-state index contributed by atoms with van der Waals surface area (Å²) in [5.41, 5.74) is 2.65. The summed E-state index contributed by atoms with van der Waals surface area (Å²) in [4.78, 5) is 16.1. The molecule has 0 spiro atoms. The molecule has 0 unspecified atom stereocenters. The van der Waals surface area contributed by atoms with Gasteiger partial charge in [-0.25, -0.2) is 0 Å². The number of carbonyl (C=O) groups excluding carboxylic acids is 1. The second kappa shape index (κ2) is 7.54. The minimum atomic E-state index is -0.0466. The first-order valence-corrected chi connectivity index (χ1v) is 8.98. The smallest absolute Gasteiger partial charge is 0.276 e. The van der Waals surface area contributed by atoms with Crippen molar-refractivity contribution in [2.45, 2.75) is 6.54 Å². The standard InChI is InChI=1S/C21H21N3O2/c25-21(19-15-20(26-22-19)18-9-5-2-6-10-18)24-13-11-23(12-14-24)16-17-7-3-1-4-8-17/h1-10,15H,11-14,16H2/p+1. The van der Waals surface area contributed by atoms with E-state index in [1.807, 2.05) is 41.3 Å². The molecular weight excluding hydrogens is 326 g/mol. The average Bonchev–Trinajstić information content (AvgIpc) is 3.20. The zero-order chi connectivity index (χ0) is 17.8. The van der Waals surface area contributed by atoms with E-state index in [9.17, 15) is 4.79 Å². The van der Waals surface area contributed by atoms with Crippen LogP contribution in [0.2, 0.25) is 0 Å². The van der Waals surface area contributed by atoms with Gasteiger partial charge in [-0.15, -0.1) is 0 Å². The molecule has 0 bridgehead atoms. The third kappa shape index (κ3) is 3.68. The summed E-state index contributed by atoms with van der Waals surface area (Å²) >= 11 is 0. The molecule has 2 aromatic carbocycles. The fourth-order valence-corrected chi connectivity index (χ4v) is 3.36. The van der Waals surface area contributed by atoms with Crippen LogP contribution in [0.3, 0.4) is 0 Å². The molecule has 4 rings (SSSR count). The van der Waals surface area contributed by atoms with Crippen molar-refractivity contribution >= 4 is 5.91 Å². The highest BCUT2D eigenvalue weighted by atomic mass is 16.5. The van der Waals surface area contributed by atoms with Gasteiger partial charge in [0.25, 0.3) is 5.91 Å². The first kappa shape index (κ1) is 16.5. The monoisotopic (exact) mass is 348 g/mol. The van der Waals surface area contributed by atoms with Gasteiger partial charge in [-0.05, 0) is 0 Å². The Hall–Kier alpha value is -2.92. The van der Waals surface area contributed by atoms with Gasteiger partial charge in [-0.1, -0.05) is 65.8 Å². The molecule has 1 aliphatic rings. The van der Waals surface area contributed by atoms with Crippen LogP contribution in [0, 0.1) is 0 Å². The lowest BCUT2D eigenvalue weighted by Gasteiger charge is -2.31. The van der Waals surface area contributed by atoms with E-state index in [0.29, 0.717) is 11.5 Å². The van der Waals surface area contributed by atoms with Gasteiger partial charge < -0.3 is 14.3 Å². The van der Waals surface area contributed by atoms with Gasteiger partial charge in [0.05, 0.1) is 26.2 Å². The summed E-state index contributed by atoms with van der Waals surface area (Å²) in [6.45, 7) is 4.39. The van der Waals surface area contributed by atoms with Gasteiger partial charge in [0, 0.05) is 17.2 Å². The fraction of sp³-hybridized carbons (Fsp3) is 0.238. The summed E-state index contributed by atoms with van der Waals surface area (Å²) < 4.78 is 5.36. The number of nitrogens with zero attached hydrogens (tertiary/aromatic N) is 2. The van der Waals surface area contributed by atoms with Crippen molar-refractivity contribution in [3.63, 3.8) is 0 Å². The number of piperazine rings is 1. The number of quaternary nitrogens is 1. The Morgan fingerprint density at radius 3 is 2.35 bits per heavy atom. The van der Waals surface area contributed by atoms with E-state index in [1.165, 1.54) is 10.5 Å². The van der Waals surface area contributed by atoms with Crippen LogP contribution in [-0.4, -0.2) is 42.1 Å². The Morgan fingerprint density at radius 2 is 1.65 bits per heavy atom. The number of nitrogens with one attached hydrogen (secondary N) is 1. The highest BCUT2D eigenvalue weighted by molar-refractivity contribution is 5.93. The predicted molar refractivity (Wildman–Crippen MR) is 98.7 cm³/mol. The van der Waals surface area contributed by atoms with Crippen molar-refractivity contribution in [2.24, 2.45) is 0 Å². The summed E-state index contributed by atoms with van der Waals surface area (Å²) in [6.07, 6.45) is 0. The zero-order valence-electron chi connectivity index (χ0n) is 14.6. The van der Waals surface area contributed by atoms with Gasteiger partial charge in [0.15, 0.2) is 11.5 Å². The fourth-order valence-electron chi connectivity index (χ4n) is 3.36. The lowest BCUT2D eigenvalue weighted by Crippen LogP contribution is -3.13. The number of benzene rings is 2. The Kier molecular flexibility index (Phi) is 4.80. The highest BCUT2D eigenvalue weighted by Crippen LogP contribution is 2.20. The number of hydrogen-bond acceptors (Lipinski definition) is 3. The van der Waals surface area contributed by atoms with Gasteiger partial charge in [0.1, 0.15) is 6.54 Å². The summed E-state index contributed by atoms with van der Waals surface area (Å²) in [5, 5.41) is 3.98. The molecule has 2 heterocycles. The number of carbonyl (C=O) groups is 1. The van der Waals surface area contributed by atoms with E-state index in [4.69, 9.17) is 4.52 Å². The first-order chi connectivity index (χ1) is 12.8. The molecule has 1 aromatic heterocycles. The van der Waals surface area contributed by atoms with E-state index in [1.54, 1.807) is 6.07 Å². The van der Waals surface area contributed by atoms with Crippen molar-refractivity contribution in [3.05, 3.63) is 78.0 Å². The van der Waals surface area contributed by atoms with Crippen LogP contribution in [0.15, 0.2) is 71.3 Å². The van der Waals surface area contributed by atoms with Crippen LogP contribution < -0.4 is 4.90 Å². The van der Waals surface area contributed by atoms with Gasteiger partial charge in [-0.2, -0.15) is 0 Å². The molecule has 1 N–H and O–H groups in total. The number of hydrogen-bond donors (Lipinski definition) is 1. The van der Waals surface area contributed by atoms with E-state index >= 15 is 0 Å². The van der Waals surface area contributed by atoms with Gasteiger partial charge >= 0.3 is 0 Å². The summed E-state index contributed by atoms with van der Waals surface area (Å²) in [6, 6.07) is 22.0. The topological polar surface area (TPSA) is 50.8 Å². The second-order valence-corrected chi connectivity index (χ2v) is 6.65. The minimum Gasteiger partial charge on any atom is -0.355 e. The van der Waals surface area contributed by atoms with Crippen LogP contribution in [-0.2, 0) is 6.54 Å². The number of amides is 1. The van der Waals surface area contributed by atoms with Crippen molar-refractivity contribution in [3.8, 4) is 11.3 Å². The molecule has 1 saturated heterocycles. The van der Waals surface area contributed by atoms with E-state index < -0.39 is 0 Å². The van der Waals surface area contributed by atoms with Crippen LogP contribution in [0.5, 0.6) is 0 Å². The van der Waals surface area contributed by atoms with Crippen LogP contribution in [0.1, 0.15) is 16.1 Å². The molecular formula is C21H22N3O2+. The molecule has 0 saturated carbocycles. The van der Waals surface area contributed by atoms with E-state index in [2.05, 4.69) is 29.4 Å². The molecule has 0 atom stereocenters. The Morgan fingerprint density at radius 1 is 1.00 bits per heavy atom. The third-order valence-corrected chi connectivity index (χ3v) is 4.84. The van der Waals surface area contributed by atoms with Crippen molar-refractivity contribution in [2.75, 3.05) is 26.2 Å². The first-order valence-electron chi connectivity index (χ1n) is 8.98. The maximum absolute atomic E-state index is 12.7. The molecule has 5 nitrogen and oxygen atoms in total. The van der Waals surface area contributed by atoms with Crippen molar-refractivity contribution in [1.29, 1.82) is 0 Å². The maximum Gasteiger partial charge on any atom is 0.276 e. The van der Waals surface area contributed by atoms with Gasteiger partial charge in [-0.3, -0.25) is 4.79 Å². The third-order valence-electron chi connectivity index (χ3n) is 4.84. The molecule has 0 aliphatic carbocycles. The van der Waals surface area contributed by atoms with Crippen molar-refractivity contribution in [1.82, 2.24) is 10.1 Å². The number of rotatable bonds is 4. The SMILES string of the molecule is O=C(c1cc(-c2ccccc2)on1)N1CC[NH+](Cc2ccccc2)CC1. The Balaban J connectivity index is 1.36. The molecule has 3 aromatic rings. The van der Waals surface area contributed by atoms with Gasteiger partial charge in [0.2, 0.25) is 0 Å². The largest absolute Gasteiger partial charge is 0.355 e. The average molecular weight is 348 g/mol. The lowest BCUT2D eigenvalue weighted by molar-refractivity contribution is -0.917. The molecule has 26 heavy (non-hydrogen) atoms. The molecule has 0 radical (unpaired) electrons. The quantitative estimate of drug-likeness (QED) is 0.783. The molecule has 1 fully saturated rings. The zero-order valence-corrected chi connectivity index (χ0v) is 14.6. The minimum absolute atomic E-state index is 0.0466. The summed E-state index contributed by atoms with van der Waals surface area (Å²) in [7, 11) is 0. The molecule has 132 valence electrons. The molecule has 5 heteroatoms. The van der Waals surface area contributed by atoms with Crippen LogP contribution in [0.4, 0.5) is 0 Å². The van der Waals surface area contributed by atoms with Crippen LogP contribution >= 0.6 is 0 Å². The maximum atomic E-state index is 12.7. The lowest BCUT2D eigenvalue weighted by atomic mass is 10.1. The summed E-state index contributed by atoms with van der Waals surface area (Å²) in [5.74, 6) is 0.581. The second-order valence-electron chi connectivity index (χ2n) is 6.65. The normalized spacial score (nSPS) is 15.2. The molecule has 1 aliphatic heterocycles.